The van der Waals surface area contributed by atoms with Gasteiger partial charge in [0.2, 0.25) is 0 Å². The van der Waals surface area contributed by atoms with Gasteiger partial charge in [-0.1, -0.05) is 31.9 Å². The molecule has 0 aromatic carbocycles. The van der Waals surface area contributed by atoms with Crippen molar-refractivity contribution in [3.05, 3.63) is 41.7 Å². The predicted octanol–water partition coefficient (Wildman–Crippen LogP) is 3.43. The summed E-state index contributed by atoms with van der Waals surface area (Å²) < 4.78 is 0. The molecular formula is C15H17N. The van der Waals surface area contributed by atoms with E-state index in [-0.39, 0.29) is 0 Å². The molecule has 0 radical (unpaired) electrons. The maximum atomic E-state index is 4.20. The number of hydrogen-bond donors (Lipinski definition) is 0. The summed E-state index contributed by atoms with van der Waals surface area (Å²) in [5.41, 5.74) is 2.13. The van der Waals surface area contributed by atoms with E-state index in [1.807, 2.05) is 18.2 Å². The predicted molar refractivity (Wildman–Crippen MR) is 66.8 cm³/mol. The quantitative estimate of drug-likeness (QED) is 0.599. The fourth-order valence-corrected chi connectivity index (χ4v) is 2.25. The Morgan fingerprint density at radius 1 is 1.25 bits per heavy atom. The highest BCUT2D eigenvalue weighted by Crippen LogP contribution is 2.26. The monoisotopic (exact) mass is 211 g/mol. The fraction of sp³-hybridized carbons (Fsp3) is 0.400. The van der Waals surface area contributed by atoms with Crippen LogP contribution in [0.2, 0.25) is 0 Å². The van der Waals surface area contributed by atoms with Gasteiger partial charge in [0.1, 0.15) is 5.69 Å². The molecule has 0 saturated heterocycles. The maximum Gasteiger partial charge on any atom is 0.113 e. The average molecular weight is 211 g/mol. The highest BCUT2D eigenvalue weighted by atomic mass is 14.6. The second kappa shape index (κ2) is 4.99. The molecular weight excluding hydrogens is 194 g/mol. The van der Waals surface area contributed by atoms with Crippen LogP contribution in [-0.4, -0.2) is 4.98 Å². The van der Waals surface area contributed by atoms with Crippen molar-refractivity contribution in [2.45, 2.75) is 26.7 Å². The molecule has 16 heavy (non-hydrogen) atoms. The summed E-state index contributed by atoms with van der Waals surface area (Å²) in [6, 6.07) is 5.83. The van der Waals surface area contributed by atoms with Crippen molar-refractivity contribution in [3.63, 3.8) is 0 Å². The Balaban J connectivity index is 2.13. The van der Waals surface area contributed by atoms with Gasteiger partial charge in [0, 0.05) is 6.20 Å². The minimum Gasteiger partial charge on any atom is -0.248 e. The lowest BCUT2D eigenvalue weighted by Crippen LogP contribution is -2.08. The topological polar surface area (TPSA) is 12.9 Å². The molecule has 1 aliphatic rings. The van der Waals surface area contributed by atoms with Gasteiger partial charge >= 0.3 is 0 Å². The molecule has 2 unspecified atom stereocenters. The van der Waals surface area contributed by atoms with Gasteiger partial charge < -0.3 is 0 Å². The van der Waals surface area contributed by atoms with Crippen LogP contribution in [0.15, 0.2) is 36.0 Å². The smallest absolute Gasteiger partial charge is 0.113 e. The van der Waals surface area contributed by atoms with E-state index in [0.717, 1.165) is 18.0 Å². The normalized spacial score (nSPS) is 24.2. The van der Waals surface area contributed by atoms with Crippen LogP contribution in [-0.2, 0) is 0 Å². The van der Waals surface area contributed by atoms with Crippen molar-refractivity contribution in [1.29, 1.82) is 0 Å². The van der Waals surface area contributed by atoms with Crippen LogP contribution in [0.5, 0.6) is 0 Å². The molecule has 0 N–H and O–H groups in total. The van der Waals surface area contributed by atoms with E-state index in [2.05, 4.69) is 36.7 Å². The highest BCUT2D eigenvalue weighted by molar-refractivity contribution is 5.38. The van der Waals surface area contributed by atoms with Crippen molar-refractivity contribution in [1.82, 2.24) is 4.98 Å². The summed E-state index contributed by atoms with van der Waals surface area (Å²) in [7, 11) is 0. The van der Waals surface area contributed by atoms with Crippen LogP contribution < -0.4 is 0 Å². The third-order valence-electron chi connectivity index (χ3n) is 2.84. The van der Waals surface area contributed by atoms with Crippen LogP contribution in [0.4, 0.5) is 0 Å². The number of aromatic nitrogens is 1. The van der Waals surface area contributed by atoms with E-state index in [9.17, 15) is 0 Å². The lowest BCUT2D eigenvalue weighted by molar-refractivity contribution is 0.441. The van der Waals surface area contributed by atoms with Gasteiger partial charge in [0.25, 0.3) is 0 Å². The first-order valence-electron chi connectivity index (χ1n) is 5.88. The van der Waals surface area contributed by atoms with Crippen molar-refractivity contribution < 1.29 is 0 Å². The molecule has 1 aromatic heterocycles. The Labute approximate surface area is 97.6 Å². The Morgan fingerprint density at radius 2 is 2.12 bits per heavy atom. The van der Waals surface area contributed by atoms with Gasteiger partial charge in [-0.2, -0.15) is 0 Å². The third-order valence-corrected chi connectivity index (χ3v) is 2.84. The second-order valence-corrected chi connectivity index (χ2v) is 4.68. The van der Waals surface area contributed by atoms with Crippen LogP contribution in [0.25, 0.3) is 0 Å². The fourth-order valence-electron chi connectivity index (χ4n) is 2.25. The van der Waals surface area contributed by atoms with Crippen molar-refractivity contribution >= 4 is 0 Å². The molecule has 1 nitrogen and oxygen atoms in total. The number of rotatable bonds is 0. The maximum absolute atomic E-state index is 4.20. The molecule has 1 aromatic rings. The molecule has 1 heterocycles. The van der Waals surface area contributed by atoms with Gasteiger partial charge in [0.15, 0.2) is 0 Å². The van der Waals surface area contributed by atoms with Crippen molar-refractivity contribution in [3.8, 4) is 11.8 Å². The van der Waals surface area contributed by atoms with Gasteiger partial charge in [-0.25, -0.2) is 4.98 Å². The lowest BCUT2D eigenvalue weighted by Gasteiger charge is -2.20. The summed E-state index contributed by atoms with van der Waals surface area (Å²) in [6.07, 6.45) is 6.49. The average Bonchev–Trinajstić information content (AvgIpc) is 2.27. The van der Waals surface area contributed by atoms with Gasteiger partial charge in [-0.15, -0.1) is 0 Å². The molecule has 2 rings (SSSR count). The zero-order valence-corrected chi connectivity index (χ0v) is 9.90. The van der Waals surface area contributed by atoms with Gasteiger partial charge in [-0.05, 0) is 48.3 Å². The van der Waals surface area contributed by atoms with E-state index < -0.39 is 0 Å². The van der Waals surface area contributed by atoms with Crippen LogP contribution in [0, 0.1) is 23.7 Å². The highest BCUT2D eigenvalue weighted by Gasteiger charge is 2.14. The molecule has 0 saturated carbocycles. The molecule has 1 heteroatoms. The number of nitrogens with zero attached hydrogens (tertiary/aromatic N) is 1. The Kier molecular flexibility index (Phi) is 3.41. The minimum absolute atomic E-state index is 0.664. The Bertz CT molecular complexity index is 433. The van der Waals surface area contributed by atoms with Gasteiger partial charge in [-0.3, -0.25) is 0 Å². The molecule has 82 valence electrons. The molecule has 0 fully saturated rings. The summed E-state index contributed by atoms with van der Waals surface area (Å²) in [5, 5.41) is 0. The summed E-state index contributed by atoms with van der Waals surface area (Å²) in [5.74, 6) is 7.79. The van der Waals surface area contributed by atoms with Crippen molar-refractivity contribution in [2.24, 2.45) is 11.8 Å². The van der Waals surface area contributed by atoms with Crippen LogP contribution in [0.1, 0.15) is 32.4 Å². The van der Waals surface area contributed by atoms with E-state index in [0.29, 0.717) is 5.92 Å². The second-order valence-electron chi connectivity index (χ2n) is 4.68. The van der Waals surface area contributed by atoms with E-state index in [4.69, 9.17) is 0 Å². The third kappa shape index (κ3) is 2.97. The van der Waals surface area contributed by atoms with E-state index in [1.54, 1.807) is 6.20 Å². The summed E-state index contributed by atoms with van der Waals surface area (Å²) in [6.45, 7) is 4.56. The standard InChI is InChI=1S/C15H17N/c1-12-9-13(2)11-14(10-12)6-7-15-5-3-4-8-16-15/h3-5,8,10,12-13H,9,11H2,1-2H3. The zero-order valence-electron chi connectivity index (χ0n) is 9.90. The first-order valence-corrected chi connectivity index (χ1v) is 5.88. The first kappa shape index (κ1) is 11.0. The van der Waals surface area contributed by atoms with Crippen molar-refractivity contribution in [2.75, 3.05) is 0 Å². The molecule has 0 bridgehead atoms. The SMILES string of the molecule is CC1C=C(C#Cc2ccccn2)CC(C)C1. The molecule has 0 amide bonds. The summed E-state index contributed by atoms with van der Waals surface area (Å²) >= 11 is 0. The number of hydrogen-bond acceptors (Lipinski definition) is 1. The zero-order chi connectivity index (χ0) is 11.4. The van der Waals surface area contributed by atoms with Gasteiger partial charge in [0.05, 0.1) is 0 Å². The number of pyridine rings is 1. The van der Waals surface area contributed by atoms with E-state index in [1.165, 1.54) is 12.0 Å². The Hall–Kier alpha value is -1.55. The number of allylic oxidation sites excluding steroid dienone is 2. The Morgan fingerprint density at radius 3 is 2.81 bits per heavy atom. The first-order chi connectivity index (χ1) is 7.74. The molecule has 1 aliphatic carbocycles. The molecule has 0 aliphatic heterocycles. The van der Waals surface area contributed by atoms with Crippen LogP contribution >= 0.6 is 0 Å². The largest absolute Gasteiger partial charge is 0.248 e. The molecule has 2 atom stereocenters. The lowest BCUT2D eigenvalue weighted by atomic mass is 9.84. The summed E-state index contributed by atoms with van der Waals surface area (Å²) in [4.78, 5) is 4.20. The van der Waals surface area contributed by atoms with Crippen LogP contribution in [0.3, 0.4) is 0 Å². The molecule has 0 spiro atoms. The van der Waals surface area contributed by atoms with E-state index >= 15 is 0 Å². The minimum atomic E-state index is 0.664.